The molecule has 0 aliphatic rings. The summed E-state index contributed by atoms with van der Waals surface area (Å²) in [4.78, 5) is 29.6. The van der Waals surface area contributed by atoms with Crippen LogP contribution >= 0.6 is 11.6 Å². The number of hydrogen-bond acceptors (Lipinski definition) is 3. The molecule has 0 fully saturated rings. The van der Waals surface area contributed by atoms with Crippen molar-refractivity contribution in [2.75, 3.05) is 18.9 Å². The van der Waals surface area contributed by atoms with Crippen LogP contribution in [0.4, 0.5) is 5.69 Å². The number of aryl methyl sites for hydroxylation is 1. The summed E-state index contributed by atoms with van der Waals surface area (Å²) >= 11 is 6.02. The maximum absolute atomic E-state index is 12.1. The number of rotatable bonds is 6. The van der Waals surface area contributed by atoms with E-state index in [1.807, 2.05) is 25.1 Å². The predicted molar refractivity (Wildman–Crippen MR) is 95.0 cm³/mol. The molecule has 0 saturated carbocycles. The summed E-state index contributed by atoms with van der Waals surface area (Å²) in [6, 6.07) is 9.07. The van der Waals surface area contributed by atoms with Gasteiger partial charge in [0.05, 0.1) is 0 Å². The number of likely N-dealkylation sites (N-methyl/N-ethyl adjacent to an activating group) is 1. The fourth-order valence-electron chi connectivity index (χ4n) is 2.12. The Morgan fingerprint density at radius 3 is 2.58 bits per heavy atom. The highest BCUT2D eigenvalue weighted by Gasteiger charge is 2.14. The SMILES string of the molecule is Cc1ccc(NC(=O)CC(=O)N(C)CCc2ccncc2)cc1Cl. The van der Waals surface area contributed by atoms with Crippen molar-refractivity contribution in [3.8, 4) is 0 Å². The van der Waals surface area contributed by atoms with Crippen molar-refractivity contribution in [2.24, 2.45) is 0 Å². The van der Waals surface area contributed by atoms with Crippen LogP contribution in [0.1, 0.15) is 17.5 Å². The molecular weight excluding hydrogens is 326 g/mol. The molecule has 1 aromatic carbocycles. The van der Waals surface area contributed by atoms with E-state index >= 15 is 0 Å². The number of benzene rings is 1. The third-order valence-corrected chi connectivity index (χ3v) is 4.09. The molecule has 0 aliphatic carbocycles. The van der Waals surface area contributed by atoms with E-state index in [4.69, 9.17) is 11.6 Å². The predicted octanol–water partition coefficient (Wildman–Crippen LogP) is 3.07. The molecule has 0 unspecified atom stereocenters. The first-order valence-corrected chi connectivity index (χ1v) is 8.02. The van der Waals surface area contributed by atoms with Crippen LogP contribution in [0, 0.1) is 6.92 Å². The quantitative estimate of drug-likeness (QED) is 0.818. The molecular formula is C18H20ClN3O2. The molecule has 24 heavy (non-hydrogen) atoms. The monoisotopic (exact) mass is 345 g/mol. The summed E-state index contributed by atoms with van der Waals surface area (Å²) in [5, 5.41) is 3.27. The zero-order valence-corrected chi connectivity index (χ0v) is 14.5. The normalized spacial score (nSPS) is 10.3. The van der Waals surface area contributed by atoms with Gasteiger partial charge in [-0.25, -0.2) is 0 Å². The van der Waals surface area contributed by atoms with Crippen molar-refractivity contribution < 1.29 is 9.59 Å². The van der Waals surface area contributed by atoms with Gasteiger partial charge < -0.3 is 10.2 Å². The third-order valence-electron chi connectivity index (χ3n) is 3.68. The van der Waals surface area contributed by atoms with Crippen LogP contribution in [0.25, 0.3) is 0 Å². The van der Waals surface area contributed by atoms with Crippen molar-refractivity contribution in [3.05, 3.63) is 58.9 Å². The van der Waals surface area contributed by atoms with Gasteiger partial charge in [-0.3, -0.25) is 14.6 Å². The zero-order chi connectivity index (χ0) is 17.5. The molecule has 0 aliphatic heterocycles. The topological polar surface area (TPSA) is 62.3 Å². The van der Waals surface area contributed by atoms with E-state index in [2.05, 4.69) is 10.3 Å². The summed E-state index contributed by atoms with van der Waals surface area (Å²) < 4.78 is 0. The standard InChI is InChI=1S/C18H20ClN3O2/c1-13-3-4-15(11-16(13)19)21-17(23)12-18(24)22(2)10-7-14-5-8-20-9-6-14/h3-6,8-9,11H,7,10,12H2,1-2H3,(H,21,23). The molecule has 5 nitrogen and oxygen atoms in total. The van der Waals surface area contributed by atoms with E-state index in [0.29, 0.717) is 17.3 Å². The van der Waals surface area contributed by atoms with Crippen LogP contribution in [0.2, 0.25) is 5.02 Å². The van der Waals surface area contributed by atoms with Gasteiger partial charge in [0.25, 0.3) is 0 Å². The van der Waals surface area contributed by atoms with Crippen LogP contribution < -0.4 is 5.32 Å². The Kier molecular flexibility index (Phi) is 6.32. The van der Waals surface area contributed by atoms with E-state index in [9.17, 15) is 9.59 Å². The molecule has 0 radical (unpaired) electrons. The van der Waals surface area contributed by atoms with E-state index < -0.39 is 0 Å². The minimum absolute atomic E-state index is 0.196. The minimum Gasteiger partial charge on any atom is -0.345 e. The van der Waals surface area contributed by atoms with E-state index in [-0.39, 0.29) is 18.2 Å². The highest BCUT2D eigenvalue weighted by Crippen LogP contribution is 2.20. The van der Waals surface area contributed by atoms with E-state index in [1.54, 1.807) is 36.5 Å². The number of anilines is 1. The highest BCUT2D eigenvalue weighted by molar-refractivity contribution is 6.31. The van der Waals surface area contributed by atoms with Crippen molar-refractivity contribution in [1.82, 2.24) is 9.88 Å². The van der Waals surface area contributed by atoms with Gasteiger partial charge in [0.1, 0.15) is 6.42 Å². The number of pyridine rings is 1. The molecule has 1 aromatic heterocycles. The first kappa shape index (κ1) is 17.9. The van der Waals surface area contributed by atoms with E-state index in [0.717, 1.165) is 17.5 Å². The van der Waals surface area contributed by atoms with Crippen molar-refractivity contribution >= 4 is 29.1 Å². The van der Waals surface area contributed by atoms with Gasteiger partial charge in [-0.2, -0.15) is 0 Å². The smallest absolute Gasteiger partial charge is 0.233 e. The molecule has 0 atom stereocenters. The number of carbonyl (C=O) groups is 2. The van der Waals surface area contributed by atoms with Crippen LogP contribution in [-0.2, 0) is 16.0 Å². The lowest BCUT2D eigenvalue weighted by atomic mass is 10.2. The van der Waals surface area contributed by atoms with Gasteiger partial charge in [0, 0.05) is 36.7 Å². The molecule has 1 heterocycles. The third kappa shape index (κ3) is 5.35. The maximum atomic E-state index is 12.1. The molecule has 1 N–H and O–H groups in total. The Balaban J connectivity index is 1.81. The summed E-state index contributed by atoms with van der Waals surface area (Å²) in [6.07, 6.45) is 3.97. The van der Waals surface area contributed by atoms with Gasteiger partial charge in [-0.05, 0) is 48.7 Å². The lowest BCUT2D eigenvalue weighted by Gasteiger charge is -2.17. The number of carbonyl (C=O) groups excluding carboxylic acids is 2. The second-order valence-corrected chi connectivity index (χ2v) is 6.02. The Hall–Kier alpha value is -2.40. The average molecular weight is 346 g/mol. The van der Waals surface area contributed by atoms with Crippen molar-refractivity contribution in [1.29, 1.82) is 0 Å². The van der Waals surface area contributed by atoms with Gasteiger partial charge in [0.15, 0.2) is 0 Å². The summed E-state index contributed by atoms with van der Waals surface area (Å²) in [6.45, 7) is 2.43. The average Bonchev–Trinajstić information content (AvgIpc) is 2.56. The number of aromatic nitrogens is 1. The Morgan fingerprint density at radius 1 is 1.21 bits per heavy atom. The van der Waals surface area contributed by atoms with Crippen LogP contribution in [0.5, 0.6) is 0 Å². The van der Waals surface area contributed by atoms with Gasteiger partial charge in [-0.1, -0.05) is 17.7 Å². The summed E-state index contributed by atoms with van der Waals surface area (Å²) in [5.74, 6) is -0.574. The second-order valence-electron chi connectivity index (χ2n) is 5.61. The number of halogens is 1. The molecule has 0 bridgehead atoms. The van der Waals surface area contributed by atoms with Crippen LogP contribution in [-0.4, -0.2) is 35.3 Å². The van der Waals surface area contributed by atoms with Gasteiger partial charge in [0.2, 0.25) is 11.8 Å². The largest absolute Gasteiger partial charge is 0.345 e. The zero-order valence-electron chi connectivity index (χ0n) is 13.8. The van der Waals surface area contributed by atoms with E-state index in [1.165, 1.54) is 0 Å². The lowest BCUT2D eigenvalue weighted by Crippen LogP contribution is -2.32. The first-order valence-electron chi connectivity index (χ1n) is 7.64. The maximum Gasteiger partial charge on any atom is 0.233 e. The summed E-state index contributed by atoms with van der Waals surface area (Å²) in [5.41, 5.74) is 2.62. The summed E-state index contributed by atoms with van der Waals surface area (Å²) in [7, 11) is 1.69. The molecule has 2 rings (SSSR count). The van der Waals surface area contributed by atoms with Gasteiger partial charge in [-0.15, -0.1) is 0 Å². The Morgan fingerprint density at radius 2 is 1.92 bits per heavy atom. The van der Waals surface area contributed by atoms with Gasteiger partial charge >= 0.3 is 0 Å². The molecule has 0 saturated heterocycles. The second kappa shape index (κ2) is 8.45. The lowest BCUT2D eigenvalue weighted by molar-refractivity contribution is -0.133. The minimum atomic E-state index is -0.351. The number of hydrogen-bond donors (Lipinski definition) is 1. The molecule has 126 valence electrons. The highest BCUT2D eigenvalue weighted by atomic mass is 35.5. The number of amides is 2. The number of nitrogens with zero attached hydrogens (tertiary/aromatic N) is 2. The first-order chi connectivity index (χ1) is 11.5. The molecule has 0 spiro atoms. The van der Waals surface area contributed by atoms with Crippen molar-refractivity contribution in [3.63, 3.8) is 0 Å². The molecule has 2 amide bonds. The molecule has 2 aromatic rings. The van der Waals surface area contributed by atoms with Crippen LogP contribution in [0.15, 0.2) is 42.7 Å². The fraction of sp³-hybridized carbons (Fsp3) is 0.278. The Bertz CT molecular complexity index is 719. The van der Waals surface area contributed by atoms with Crippen molar-refractivity contribution in [2.45, 2.75) is 19.8 Å². The Labute approximate surface area is 146 Å². The fourth-order valence-corrected chi connectivity index (χ4v) is 2.30. The molecule has 6 heteroatoms. The number of nitrogens with one attached hydrogen (secondary N) is 1. The van der Waals surface area contributed by atoms with Crippen LogP contribution in [0.3, 0.4) is 0 Å².